The topological polar surface area (TPSA) is 24.8 Å². The Bertz CT molecular complexity index is 400. The van der Waals surface area contributed by atoms with Crippen molar-refractivity contribution < 1.29 is 9.57 Å². The number of halogens is 1. The maximum absolute atomic E-state index is 5.60. The third-order valence-corrected chi connectivity index (χ3v) is 2.99. The first-order valence-electron chi connectivity index (χ1n) is 5.23. The summed E-state index contributed by atoms with van der Waals surface area (Å²) in [7, 11) is 1.68. The van der Waals surface area contributed by atoms with Gasteiger partial charge in [-0.05, 0) is 39.0 Å². The van der Waals surface area contributed by atoms with Crippen LogP contribution in [0.5, 0.6) is 5.75 Å². The van der Waals surface area contributed by atoms with Crippen molar-refractivity contribution in [2.75, 3.05) is 7.11 Å². The maximum atomic E-state index is 5.60. The van der Waals surface area contributed by atoms with Gasteiger partial charge in [0.15, 0.2) is 6.23 Å². The summed E-state index contributed by atoms with van der Waals surface area (Å²) in [5.41, 5.74) is 1.07. The molecule has 3 nitrogen and oxygen atoms in total. The second-order valence-electron chi connectivity index (χ2n) is 4.84. The molecule has 2 unspecified atom stereocenters. The van der Waals surface area contributed by atoms with Crippen molar-refractivity contribution in [2.45, 2.75) is 32.5 Å². The van der Waals surface area contributed by atoms with E-state index >= 15 is 0 Å². The molecule has 1 aromatic rings. The van der Waals surface area contributed by atoms with Crippen LogP contribution in [0.3, 0.4) is 0 Å². The molecule has 1 heterocycles. The Kier molecular flexibility index (Phi) is 2.99. The molecule has 0 saturated carbocycles. The van der Waals surface area contributed by atoms with E-state index in [0.717, 1.165) is 15.8 Å². The van der Waals surface area contributed by atoms with Crippen molar-refractivity contribution in [3.63, 3.8) is 0 Å². The highest BCUT2D eigenvalue weighted by Crippen LogP contribution is 2.46. The van der Waals surface area contributed by atoms with Gasteiger partial charge in [0.25, 0.3) is 0 Å². The fraction of sp³-hybridized carbons (Fsp3) is 0.500. The summed E-state index contributed by atoms with van der Waals surface area (Å²) in [5.74, 6) is 0.861. The van der Waals surface area contributed by atoms with Crippen LogP contribution in [0.1, 0.15) is 32.6 Å². The summed E-state index contributed by atoms with van der Waals surface area (Å²) in [5, 5.41) is 1.97. The monoisotopic (exact) mass is 285 g/mol. The smallest absolute Gasteiger partial charge is 0.184 e. The van der Waals surface area contributed by atoms with Crippen LogP contribution in [0.4, 0.5) is 0 Å². The van der Waals surface area contributed by atoms with Crippen LogP contribution in [0.2, 0.25) is 0 Å². The van der Waals surface area contributed by atoms with Gasteiger partial charge in [-0.15, -0.1) is 5.06 Å². The van der Waals surface area contributed by atoms with Crippen LogP contribution in [-0.4, -0.2) is 17.7 Å². The molecule has 4 heteroatoms. The number of hydrogen-bond donors (Lipinski definition) is 0. The Morgan fingerprint density at radius 3 is 2.56 bits per heavy atom. The Hall–Kier alpha value is -0.580. The van der Waals surface area contributed by atoms with Gasteiger partial charge in [-0.25, -0.2) is 0 Å². The van der Waals surface area contributed by atoms with E-state index in [1.54, 1.807) is 7.11 Å². The van der Waals surface area contributed by atoms with Gasteiger partial charge in [0.1, 0.15) is 5.75 Å². The largest absolute Gasteiger partial charge is 0.496 e. The summed E-state index contributed by atoms with van der Waals surface area (Å²) in [6.45, 7) is 6.37. The first kappa shape index (κ1) is 11.9. The predicted molar refractivity (Wildman–Crippen MR) is 66.1 cm³/mol. The van der Waals surface area contributed by atoms with Gasteiger partial charge in [0.05, 0.1) is 7.11 Å². The van der Waals surface area contributed by atoms with Crippen molar-refractivity contribution in [3.8, 4) is 5.75 Å². The molecule has 0 radical (unpaired) electrons. The molecule has 0 aliphatic carbocycles. The molecule has 0 spiro atoms. The minimum absolute atomic E-state index is 0.00690. The van der Waals surface area contributed by atoms with Crippen LogP contribution in [0, 0.1) is 0 Å². The first-order valence-corrected chi connectivity index (χ1v) is 6.02. The zero-order valence-corrected chi connectivity index (χ0v) is 11.5. The first-order chi connectivity index (χ1) is 7.43. The molecule has 0 N–H and O–H groups in total. The van der Waals surface area contributed by atoms with Crippen molar-refractivity contribution in [2.24, 2.45) is 0 Å². The molecule has 0 aromatic heterocycles. The number of methoxy groups -OCH3 is 1. The van der Waals surface area contributed by atoms with Crippen molar-refractivity contribution >= 4 is 15.9 Å². The standard InChI is InChI=1S/C12H16BrNO2/c1-12(2,3)14-11(16-14)9-7-8(13)5-6-10(9)15-4/h5-7,11H,1-4H3. The third kappa shape index (κ3) is 2.24. The van der Waals surface area contributed by atoms with E-state index in [4.69, 9.17) is 9.57 Å². The van der Waals surface area contributed by atoms with Crippen molar-refractivity contribution in [1.29, 1.82) is 0 Å². The number of nitrogens with zero attached hydrogens (tertiary/aromatic N) is 1. The molecule has 0 amide bonds. The minimum Gasteiger partial charge on any atom is -0.496 e. The van der Waals surface area contributed by atoms with Crippen molar-refractivity contribution in [3.05, 3.63) is 28.2 Å². The van der Waals surface area contributed by atoms with Crippen LogP contribution in [0.25, 0.3) is 0 Å². The zero-order chi connectivity index (χ0) is 11.9. The van der Waals surface area contributed by atoms with E-state index in [0.29, 0.717) is 0 Å². The second kappa shape index (κ2) is 4.02. The lowest BCUT2D eigenvalue weighted by Gasteiger charge is -2.17. The fourth-order valence-corrected chi connectivity index (χ4v) is 2.05. The lowest BCUT2D eigenvalue weighted by atomic mass is 10.1. The molecule has 0 bridgehead atoms. The summed E-state index contributed by atoms with van der Waals surface area (Å²) in [6.07, 6.45) is 0.00690. The molecule has 1 fully saturated rings. The molecule has 1 aliphatic heterocycles. The highest BCUT2D eigenvalue weighted by molar-refractivity contribution is 9.10. The average molecular weight is 286 g/mol. The second-order valence-corrected chi connectivity index (χ2v) is 5.76. The number of rotatable bonds is 2. The zero-order valence-electron chi connectivity index (χ0n) is 9.95. The Morgan fingerprint density at radius 2 is 2.06 bits per heavy atom. The van der Waals surface area contributed by atoms with Crippen LogP contribution >= 0.6 is 15.9 Å². The molecule has 1 aromatic carbocycles. The SMILES string of the molecule is COc1ccc(Br)cc1C1ON1C(C)(C)C. The molecular formula is C12H16BrNO2. The summed E-state index contributed by atoms with van der Waals surface area (Å²) in [4.78, 5) is 5.60. The average Bonchev–Trinajstić information content (AvgIpc) is 2.96. The highest BCUT2D eigenvalue weighted by atomic mass is 79.9. The van der Waals surface area contributed by atoms with Gasteiger partial charge in [-0.1, -0.05) is 15.9 Å². The molecule has 1 saturated heterocycles. The summed E-state index contributed by atoms with van der Waals surface area (Å²) < 4.78 is 6.37. The minimum atomic E-state index is 0.00690. The van der Waals surface area contributed by atoms with E-state index in [9.17, 15) is 0 Å². The van der Waals surface area contributed by atoms with Crippen LogP contribution in [0.15, 0.2) is 22.7 Å². The molecule has 1 aliphatic rings. The lowest BCUT2D eigenvalue weighted by Crippen LogP contribution is -2.25. The summed E-state index contributed by atoms with van der Waals surface area (Å²) in [6, 6.07) is 5.95. The number of hydrogen-bond acceptors (Lipinski definition) is 3. The van der Waals surface area contributed by atoms with Gasteiger partial charge in [-0.2, -0.15) is 0 Å². The van der Waals surface area contributed by atoms with Gasteiger partial charge in [0.2, 0.25) is 0 Å². The third-order valence-electron chi connectivity index (χ3n) is 2.50. The molecule has 2 atom stereocenters. The van der Waals surface area contributed by atoms with Gasteiger partial charge < -0.3 is 4.74 Å². The Labute approximate surface area is 104 Å². The van der Waals surface area contributed by atoms with Gasteiger partial charge >= 0.3 is 0 Å². The lowest BCUT2D eigenvalue weighted by molar-refractivity contribution is 0.101. The normalized spacial score (nSPS) is 24.3. The van der Waals surface area contributed by atoms with E-state index in [1.165, 1.54) is 0 Å². The quantitative estimate of drug-likeness (QED) is 0.778. The van der Waals surface area contributed by atoms with E-state index in [1.807, 2.05) is 23.3 Å². The van der Waals surface area contributed by atoms with Crippen molar-refractivity contribution in [1.82, 2.24) is 5.06 Å². The number of benzene rings is 1. The van der Waals surface area contributed by atoms with Gasteiger partial charge in [-0.3, -0.25) is 4.84 Å². The Morgan fingerprint density at radius 1 is 1.38 bits per heavy atom. The molecule has 16 heavy (non-hydrogen) atoms. The maximum Gasteiger partial charge on any atom is 0.184 e. The fourth-order valence-electron chi connectivity index (χ4n) is 1.67. The van der Waals surface area contributed by atoms with E-state index in [2.05, 4.69) is 36.7 Å². The molecule has 88 valence electrons. The Balaban J connectivity index is 2.26. The molecule has 2 rings (SSSR count). The van der Waals surface area contributed by atoms with Crippen LogP contribution < -0.4 is 4.74 Å². The predicted octanol–water partition coefficient (Wildman–Crippen LogP) is 3.50. The van der Waals surface area contributed by atoms with Gasteiger partial charge in [0, 0.05) is 15.6 Å². The van der Waals surface area contributed by atoms with E-state index < -0.39 is 0 Å². The highest BCUT2D eigenvalue weighted by Gasteiger charge is 2.47. The van der Waals surface area contributed by atoms with E-state index in [-0.39, 0.29) is 11.8 Å². The number of ether oxygens (including phenoxy) is 1. The number of hydroxylamine groups is 2. The molecular weight excluding hydrogens is 270 g/mol. The van der Waals surface area contributed by atoms with Crippen LogP contribution in [-0.2, 0) is 4.84 Å². The summed E-state index contributed by atoms with van der Waals surface area (Å²) >= 11 is 3.46.